The first-order valence-electron chi connectivity index (χ1n) is 3.54. The summed E-state index contributed by atoms with van der Waals surface area (Å²) in [6, 6.07) is 2.05. The van der Waals surface area contributed by atoms with Crippen molar-refractivity contribution in [3.05, 3.63) is 17.5 Å². The first-order valence-corrected chi connectivity index (χ1v) is 3.54. The normalized spacial score (nSPS) is 8.50. The summed E-state index contributed by atoms with van der Waals surface area (Å²) in [5, 5.41) is 6.96. The highest BCUT2D eigenvalue weighted by molar-refractivity contribution is 5.85. The molecule has 0 aromatic carbocycles. The third-order valence-corrected chi connectivity index (χ3v) is 1.40. The smallest absolute Gasteiger partial charge is 0.0625 e. The Morgan fingerprint density at radius 3 is 2.58 bits per heavy atom. The molecular formula is C7H15Cl2N3. The van der Waals surface area contributed by atoms with Crippen molar-refractivity contribution in [2.45, 2.75) is 19.8 Å². The summed E-state index contributed by atoms with van der Waals surface area (Å²) >= 11 is 0. The van der Waals surface area contributed by atoms with Crippen molar-refractivity contribution < 1.29 is 0 Å². The zero-order valence-electron chi connectivity index (χ0n) is 7.04. The van der Waals surface area contributed by atoms with Gasteiger partial charge in [-0.05, 0) is 32.4 Å². The zero-order valence-corrected chi connectivity index (χ0v) is 8.67. The van der Waals surface area contributed by atoms with Crippen LogP contribution in [0.3, 0.4) is 0 Å². The molecule has 0 radical (unpaired) electrons. The maximum Gasteiger partial charge on any atom is 0.0625 e. The van der Waals surface area contributed by atoms with Gasteiger partial charge in [-0.25, -0.2) is 0 Å². The van der Waals surface area contributed by atoms with Gasteiger partial charge >= 0.3 is 0 Å². The summed E-state index contributed by atoms with van der Waals surface area (Å²) in [6.07, 6.45) is 2.01. The molecule has 5 heteroatoms. The molecule has 0 spiro atoms. The van der Waals surface area contributed by atoms with Crippen molar-refractivity contribution >= 4 is 24.8 Å². The lowest BCUT2D eigenvalue weighted by Crippen LogP contribution is -2.00. The summed E-state index contributed by atoms with van der Waals surface area (Å²) < 4.78 is 0. The van der Waals surface area contributed by atoms with E-state index in [1.807, 2.05) is 6.92 Å². The molecule has 0 amide bonds. The molecule has 0 aliphatic heterocycles. The molecule has 1 aromatic rings. The van der Waals surface area contributed by atoms with E-state index in [1.165, 1.54) is 0 Å². The van der Waals surface area contributed by atoms with E-state index in [0.717, 1.165) is 30.8 Å². The summed E-state index contributed by atoms with van der Waals surface area (Å²) in [7, 11) is 0. The number of nitrogens with zero attached hydrogens (tertiary/aromatic N) is 1. The third kappa shape index (κ3) is 4.59. The first-order chi connectivity index (χ1) is 4.83. The highest BCUT2D eigenvalue weighted by Gasteiger charge is 1.94. The monoisotopic (exact) mass is 211 g/mol. The van der Waals surface area contributed by atoms with Crippen molar-refractivity contribution in [1.29, 1.82) is 0 Å². The Labute approximate surface area is 84.9 Å². The predicted octanol–water partition coefficient (Wildman–Crippen LogP) is 1.45. The molecule has 3 nitrogen and oxygen atoms in total. The Kier molecular flexibility index (Phi) is 8.81. The lowest BCUT2D eigenvalue weighted by Gasteiger charge is -1.89. The summed E-state index contributed by atoms with van der Waals surface area (Å²) in [5.41, 5.74) is 7.58. The Morgan fingerprint density at radius 2 is 2.17 bits per heavy atom. The number of rotatable bonds is 3. The predicted molar refractivity (Wildman–Crippen MR) is 55.2 cm³/mol. The van der Waals surface area contributed by atoms with Crippen LogP contribution in [0.2, 0.25) is 0 Å². The zero-order chi connectivity index (χ0) is 7.40. The second-order valence-corrected chi connectivity index (χ2v) is 2.43. The fourth-order valence-corrected chi connectivity index (χ4v) is 0.886. The van der Waals surface area contributed by atoms with Crippen molar-refractivity contribution in [1.82, 2.24) is 10.2 Å². The molecule has 0 bridgehead atoms. The standard InChI is InChI=1S/C7H13N3.2ClH/c1-6-5-7(10-9-6)3-2-4-8;;/h5H,2-4,8H2,1H3,(H,9,10);2*1H. The van der Waals surface area contributed by atoms with Crippen LogP contribution in [-0.2, 0) is 6.42 Å². The lowest BCUT2D eigenvalue weighted by atomic mass is 10.2. The number of aromatic amines is 1. The first kappa shape index (κ1) is 14.3. The van der Waals surface area contributed by atoms with Crippen LogP contribution in [0.25, 0.3) is 0 Å². The molecular weight excluding hydrogens is 197 g/mol. The van der Waals surface area contributed by atoms with E-state index in [2.05, 4.69) is 16.3 Å². The van der Waals surface area contributed by atoms with E-state index in [9.17, 15) is 0 Å². The number of nitrogens with two attached hydrogens (primary N) is 1. The van der Waals surface area contributed by atoms with Crippen molar-refractivity contribution in [3.8, 4) is 0 Å². The molecule has 1 rings (SSSR count). The molecule has 0 atom stereocenters. The van der Waals surface area contributed by atoms with Crippen LogP contribution in [0.1, 0.15) is 17.8 Å². The van der Waals surface area contributed by atoms with Gasteiger partial charge in [0.05, 0.1) is 5.69 Å². The molecule has 3 N–H and O–H groups in total. The van der Waals surface area contributed by atoms with Crippen LogP contribution in [0.4, 0.5) is 0 Å². The van der Waals surface area contributed by atoms with Crippen LogP contribution in [0.5, 0.6) is 0 Å². The lowest BCUT2D eigenvalue weighted by molar-refractivity contribution is 0.803. The molecule has 72 valence electrons. The van der Waals surface area contributed by atoms with Crippen LogP contribution in [-0.4, -0.2) is 16.7 Å². The Balaban J connectivity index is 0. The van der Waals surface area contributed by atoms with Crippen LogP contribution in [0, 0.1) is 6.92 Å². The Hall–Kier alpha value is -0.250. The largest absolute Gasteiger partial charge is 0.330 e. The number of aromatic nitrogens is 2. The Bertz CT molecular complexity index is 200. The van der Waals surface area contributed by atoms with Crippen molar-refractivity contribution in [2.75, 3.05) is 6.54 Å². The van der Waals surface area contributed by atoms with E-state index >= 15 is 0 Å². The van der Waals surface area contributed by atoms with Gasteiger partial charge in [0, 0.05) is 5.69 Å². The molecule has 1 heterocycles. The highest BCUT2D eigenvalue weighted by atomic mass is 35.5. The van der Waals surface area contributed by atoms with Gasteiger partial charge in [0.2, 0.25) is 0 Å². The number of nitrogens with one attached hydrogen (secondary N) is 1. The van der Waals surface area contributed by atoms with Crippen molar-refractivity contribution in [3.63, 3.8) is 0 Å². The minimum Gasteiger partial charge on any atom is -0.330 e. The average Bonchev–Trinajstić information content (AvgIpc) is 2.31. The summed E-state index contributed by atoms with van der Waals surface area (Å²) in [6.45, 7) is 2.74. The van der Waals surface area contributed by atoms with Gasteiger partial charge in [-0.1, -0.05) is 0 Å². The molecule has 0 aliphatic carbocycles. The molecule has 12 heavy (non-hydrogen) atoms. The van der Waals surface area contributed by atoms with Crippen LogP contribution >= 0.6 is 24.8 Å². The number of hydrogen-bond donors (Lipinski definition) is 2. The van der Waals surface area contributed by atoms with Crippen LogP contribution in [0.15, 0.2) is 6.07 Å². The SMILES string of the molecule is Cc1cc(CCCN)n[nH]1.Cl.Cl. The highest BCUT2D eigenvalue weighted by Crippen LogP contribution is 1.99. The van der Waals surface area contributed by atoms with Gasteiger partial charge in [0.1, 0.15) is 0 Å². The second-order valence-electron chi connectivity index (χ2n) is 2.43. The minimum atomic E-state index is 0. The number of halogens is 2. The second kappa shape index (κ2) is 7.40. The minimum absolute atomic E-state index is 0. The fraction of sp³-hybridized carbons (Fsp3) is 0.571. The Morgan fingerprint density at radius 1 is 1.50 bits per heavy atom. The van der Waals surface area contributed by atoms with Crippen molar-refractivity contribution in [2.24, 2.45) is 5.73 Å². The fourth-order valence-electron chi connectivity index (χ4n) is 0.886. The molecule has 0 fully saturated rings. The van der Waals surface area contributed by atoms with E-state index in [0.29, 0.717) is 0 Å². The number of aryl methyl sites for hydroxylation is 2. The van der Waals surface area contributed by atoms with Gasteiger partial charge in [-0.2, -0.15) is 5.10 Å². The molecule has 0 saturated carbocycles. The quantitative estimate of drug-likeness (QED) is 0.796. The van der Waals surface area contributed by atoms with E-state index in [-0.39, 0.29) is 24.8 Å². The van der Waals surface area contributed by atoms with Gasteiger partial charge in [-0.3, -0.25) is 5.10 Å². The van der Waals surface area contributed by atoms with E-state index < -0.39 is 0 Å². The molecule has 0 aliphatic rings. The van der Waals surface area contributed by atoms with Gasteiger partial charge in [0.15, 0.2) is 0 Å². The number of hydrogen-bond acceptors (Lipinski definition) is 2. The summed E-state index contributed by atoms with van der Waals surface area (Å²) in [4.78, 5) is 0. The molecule has 0 unspecified atom stereocenters. The van der Waals surface area contributed by atoms with Gasteiger partial charge < -0.3 is 5.73 Å². The average molecular weight is 212 g/mol. The van der Waals surface area contributed by atoms with Gasteiger partial charge in [0.25, 0.3) is 0 Å². The molecule has 0 saturated heterocycles. The number of H-pyrrole nitrogens is 1. The van der Waals surface area contributed by atoms with E-state index in [4.69, 9.17) is 5.73 Å². The third-order valence-electron chi connectivity index (χ3n) is 1.40. The summed E-state index contributed by atoms with van der Waals surface area (Å²) in [5.74, 6) is 0. The van der Waals surface area contributed by atoms with Crippen LogP contribution < -0.4 is 5.73 Å². The maximum absolute atomic E-state index is 5.35. The van der Waals surface area contributed by atoms with Gasteiger partial charge in [-0.15, -0.1) is 24.8 Å². The molecule has 1 aromatic heterocycles. The van der Waals surface area contributed by atoms with E-state index in [1.54, 1.807) is 0 Å². The maximum atomic E-state index is 5.35. The topological polar surface area (TPSA) is 54.7 Å².